The first-order chi connectivity index (χ1) is 22.0. The van der Waals surface area contributed by atoms with Crippen molar-refractivity contribution in [2.24, 2.45) is 17.6 Å². The van der Waals surface area contributed by atoms with Gasteiger partial charge in [-0.1, -0.05) is 12.1 Å². The van der Waals surface area contributed by atoms with Gasteiger partial charge in [-0.05, 0) is 83.9 Å². The van der Waals surface area contributed by atoms with Gasteiger partial charge in [0.05, 0.1) is 6.20 Å². The van der Waals surface area contributed by atoms with E-state index in [9.17, 15) is 19.5 Å². The number of rotatable bonds is 6. The van der Waals surface area contributed by atoms with Crippen molar-refractivity contribution in [3.05, 3.63) is 36.0 Å². The van der Waals surface area contributed by atoms with Crippen LogP contribution >= 0.6 is 0 Å². The smallest absolute Gasteiger partial charge is 0.425 e. The molecule has 1 saturated carbocycles. The number of hydrogen-bond acceptors (Lipinski definition) is 12. The van der Waals surface area contributed by atoms with E-state index in [1.165, 1.54) is 13.2 Å². The van der Waals surface area contributed by atoms with E-state index in [0.717, 1.165) is 29.8 Å². The Bertz CT molecular complexity index is 1600. The lowest BCUT2D eigenvalue weighted by Gasteiger charge is -2.28. The van der Waals surface area contributed by atoms with Crippen LogP contribution in [-0.4, -0.2) is 85.8 Å². The van der Waals surface area contributed by atoms with Gasteiger partial charge in [-0.25, -0.2) is 24.4 Å². The molecule has 0 radical (unpaired) electrons. The van der Waals surface area contributed by atoms with E-state index in [0.29, 0.717) is 34.7 Å². The highest BCUT2D eigenvalue weighted by atomic mass is 16.6. The highest BCUT2D eigenvalue weighted by Gasteiger charge is 2.42. The lowest BCUT2D eigenvalue weighted by molar-refractivity contribution is 0.0429. The Morgan fingerprint density at radius 3 is 2.17 bits per heavy atom. The molecule has 3 amide bonds. The van der Waals surface area contributed by atoms with Gasteiger partial charge in [0, 0.05) is 38.3 Å². The number of aromatic nitrogens is 4. The molecule has 3 N–H and O–H groups in total. The first-order valence-electron chi connectivity index (χ1n) is 15.5. The molecular formula is C32H42N8O7. The Balaban J connectivity index is 1.55. The van der Waals surface area contributed by atoms with Crippen LogP contribution in [0.5, 0.6) is 0 Å². The summed E-state index contributed by atoms with van der Waals surface area (Å²) in [5.74, 6) is 1.11. The molecule has 1 aromatic carbocycles. The number of hydrogen-bond donors (Lipinski definition) is 2. The van der Waals surface area contributed by atoms with Crippen LogP contribution in [0.3, 0.4) is 0 Å². The molecule has 2 fully saturated rings. The topological polar surface area (TPSA) is 190 Å². The zero-order valence-electron chi connectivity index (χ0n) is 27.8. The summed E-state index contributed by atoms with van der Waals surface area (Å²) in [5, 5.41) is 17.6. The molecule has 1 saturated heterocycles. The molecule has 2 aliphatic rings. The molecule has 15 heteroatoms. The van der Waals surface area contributed by atoms with E-state index in [1.807, 2.05) is 0 Å². The number of nitrogens with zero attached hydrogens (tertiary/aromatic N) is 7. The zero-order valence-corrected chi connectivity index (χ0v) is 27.8. The maximum absolute atomic E-state index is 13.6. The molecule has 2 aromatic heterocycles. The lowest BCUT2D eigenvalue weighted by Crippen LogP contribution is -2.44. The second-order valence-corrected chi connectivity index (χ2v) is 14.0. The molecule has 5 rings (SSSR count). The van der Waals surface area contributed by atoms with Crippen LogP contribution < -0.4 is 15.5 Å². The number of benzene rings is 1. The summed E-state index contributed by atoms with van der Waals surface area (Å²) >= 11 is 0. The minimum Gasteiger partial charge on any atom is -0.465 e. The third-order valence-electron chi connectivity index (χ3n) is 7.92. The van der Waals surface area contributed by atoms with Crippen LogP contribution in [0.15, 0.2) is 34.9 Å². The van der Waals surface area contributed by atoms with Crippen LogP contribution in [0, 0.1) is 11.8 Å². The predicted octanol–water partition coefficient (Wildman–Crippen LogP) is 5.15. The summed E-state index contributed by atoms with van der Waals surface area (Å²) in [6, 6.07) is 7.08. The fraction of sp³-hybridized carbons (Fsp3) is 0.531. The summed E-state index contributed by atoms with van der Waals surface area (Å²) in [6.07, 6.45) is 0.446. The second-order valence-electron chi connectivity index (χ2n) is 14.0. The summed E-state index contributed by atoms with van der Waals surface area (Å²) in [6.45, 7) is 11.7. The van der Waals surface area contributed by atoms with Crippen molar-refractivity contribution in [2.75, 3.05) is 29.9 Å². The molecule has 3 aromatic rings. The Labute approximate surface area is 273 Å². The van der Waals surface area contributed by atoms with Crippen molar-refractivity contribution in [1.29, 1.82) is 0 Å². The van der Waals surface area contributed by atoms with Crippen LogP contribution in [0.2, 0.25) is 0 Å². The van der Waals surface area contributed by atoms with Crippen molar-refractivity contribution < 1.29 is 33.4 Å². The summed E-state index contributed by atoms with van der Waals surface area (Å²) in [5.41, 5.74) is 5.81. The van der Waals surface area contributed by atoms with E-state index in [4.69, 9.17) is 24.6 Å². The summed E-state index contributed by atoms with van der Waals surface area (Å²) in [7, 11) is 1.48. The van der Waals surface area contributed by atoms with Crippen LogP contribution in [-0.2, 0) is 16.0 Å². The molecule has 47 heavy (non-hydrogen) atoms. The molecular weight excluding hydrogens is 608 g/mol. The van der Waals surface area contributed by atoms with Crippen molar-refractivity contribution in [1.82, 2.24) is 25.1 Å². The monoisotopic (exact) mass is 650 g/mol. The molecule has 3 atom stereocenters. The average Bonchev–Trinajstić information content (AvgIpc) is 3.70. The second kappa shape index (κ2) is 12.8. The maximum atomic E-state index is 13.6. The first-order valence-corrected chi connectivity index (χ1v) is 15.5. The molecule has 3 heterocycles. The molecule has 1 unspecified atom stereocenters. The molecule has 0 spiro atoms. The minimum atomic E-state index is -1.04. The van der Waals surface area contributed by atoms with Crippen molar-refractivity contribution >= 4 is 29.9 Å². The average molecular weight is 651 g/mol. The quantitative estimate of drug-likeness (QED) is 0.356. The normalized spacial score (nSPS) is 19.3. The Kier molecular flexibility index (Phi) is 9.13. The van der Waals surface area contributed by atoms with Gasteiger partial charge in [-0.2, -0.15) is 4.90 Å². The number of fused-ring (bicyclic) bond motifs is 1. The standard InChI is InChI=1S/C32H42N8O7/c1-31(2,3)46-29(43)40(30(44)47-32(4,5)6)25-24(35-23(14-34-25)39-16-20-12-13-22(33)21(20)17-39)27-37-36-26(45-27)19-10-8-18(9-11-19)15-38(7)28(41)42/h8-11,14,20-22H,12-13,15-17,33H2,1-7H3,(H,41,42)/t20-,21+,22?/m0/s1. The molecule has 1 aliphatic heterocycles. The Morgan fingerprint density at radius 1 is 0.979 bits per heavy atom. The van der Waals surface area contributed by atoms with E-state index in [-0.39, 0.29) is 35.9 Å². The van der Waals surface area contributed by atoms with Gasteiger partial charge < -0.3 is 34.5 Å². The number of nitrogens with two attached hydrogens (primary N) is 1. The van der Waals surface area contributed by atoms with Gasteiger partial charge in [-0.15, -0.1) is 10.2 Å². The number of carbonyl (C=O) groups is 3. The summed E-state index contributed by atoms with van der Waals surface area (Å²) < 4.78 is 17.3. The van der Waals surface area contributed by atoms with Crippen molar-refractivity contribution in [2.45, 2.75) is 78.2 Å². The van der Waals surface area contributed by atoms with Gasteiger partial charge in [0.25, 0.3) is 5.89 Å². The van der Waals surface area contributed by atoms with Crippen molar-refractivity contribution in [3.8, 4) is 23.0 Å². The molecule has 1 aliphatic carbocycles. The number of anilines is 2. The van der Waals surface area contributed by atoms with Crippen LogP contribution in [0.25, 0.3) is 23.0 Å². The van der Waals surface area contributed by atoms with Crippen LogP contribution in [0.1, 0.15) is 59.9 Å². The maximum Gasteiger partial charge on any atom is 0.425 e. The first kappa shape index (κ1) is 33.6. The number of carboxylic acid groups (broad SMARTS) is 1. The van der Waals surface area contributed by atoms with Gasteiger partial charge in [0.2, 0.25) is 5.89 Å². The largest absolute Gasteiger partial charge is 0.465 e. The Morgan fingerprint density at radius 2 is 1.60 bits per heavy atom. The number of carbonyl (C=O) groups excluding carboxylic acids is 2. The van der Waals surface area contributed by atoms with Gasteiger partial charge in [0.15, 0.2) is 11.5 Å². The Hall–Kier alpha value is -4.79. The van der Waals surface area contributed by atoms with Gasteiger partial charge in [0.1, 0.15) is 17.0 Å². The summed E-state index contributed by atoms with van der Waals surface area (Å²) in [4.78, 5) is 51.7. The molecule has 0 bridgehead atoms. The lowest BCUT2D eigenvalue weighted by atomic mass is 9.98. The SMILES string of the molecule is CN(Cc1ccc(-c2nnc(-c3nc(N4C[C@@H]5CCC(N)[C@@H]5C4)cnc3N(C(=O)OC(C)(C)C)C(=O)OC(C)(C)C)o2)cc1)C(=O)O. The zero-order chi connectivity index (χ0) is 34.3. The van der Waals surface area contributed by atoms with E-state index >= 15 is 0 Å². The van der Waals surface area contributed by atoms with E-state index in [1.54, 1.807) is 65.8 Å². The third-order valence-corrected chi connectivity index (χ3v) is 7.92. The molecule has 15 nitrogen and oxygen atoms in total. The highest BCUT2D eigenvalue weighted by molar-refractivity contribution is 6.10. The van der Waals surface area contributed by atoms with Crippen molar-refractivity contribution in [3.63, 3.8) is 0 Å². The molecule has 252 valence electrons. The number of ether oxygens (including phenoxy) is 2. The third kappa shape index (κ3) is 7.79. The van der Waals surface area contributed by atoms with E-state index in [2.05, 4.69) is 20.1 Å². The minimum absolute atomic E-state index is 0.0148. The predicted molar refractivity (Wildman–Crippen MR) is 172 cm³/mol. The van der Waals surface area contributed by atoms with Gasteiger partial charge >= 0.3 is 18.3 Å². The van der Waals surface area contributed by atoms with E-state index < -0.39 is 29.5 Å². The number of amides is 3. The highest BCUT2D eigenvalue weighted by Crippen LogP contribution is 2.40. The fourth-order valence-corrected chi connectivity index (χ4v) is 5.72. The number of imide groups is 1. The van der Waals surface area contributed by atoms with Gasteiger partial charge in [-0.3, -0.25) is 0 Å². The fourth-order valence-electron chi connectivity index (χ4n) is 5.72. The van der Waals surface area contributed by atoms with Crippen LogP contribution in [0.4, 0.5) is 26.0 Å².